The lowest BCUT2D eigenvalue weighted by Gasteiger charge is -2.06. The van der Waals surface area contributed by atoms with Crippen molar-refractivity contribution in [2.45, 2.75) is 13.5 Å². The highest BCUT2D eigenvalue weighted by Crippen LogP contribution is 2.28. The van der Waals surface area contributed by atoms with Gasteiger partial charge in [0.15, 0.2) is 5.82 Å². The number of halogens is 1. The molecule has 0 saturated carbocycles. The van der Waals surface area contributed by atoms with Crippen molar-refractivity contribution < 1.29 is 9.18 Å². The van der Waals surface area contributed by atoms with Crippen LogP contribution in [0.15, 0.2) is 54.7 Å². The first kappa shape index (κ1) is 18.0. The zero-order valence-corrected chi connectivity index (χ0v) is 16.0. The van der Waals surface area contributed by atoms with Crippen LogP contribution in [-0.4, -0.2) is 26.1 Å². The van der Waals surface area contributed by atoms with Crippen LogP contribution in [-0.2, 0) is 6.54 Å². The highest BCUT2D eigenvalue weighted by molar-refractivity contribution is 5.98. The maximum absolute atomic E-state index is 14.7. The van der Waals surface area contributed by atoms with E-state index in [2.05, 4.69) is 30.8 Å². The van der Waals surface area contributed by atoms with Crippen molar-refractivity contribution in [2.24, 2.45) is 0 Å². The number of aryl methyl sites for hydroxylation is 1. The van der Waals surface area contributed by atoms with E-state index < -0.39 is 0 Å². The number of aromatic amines is 1. The molecule has 0 spiro atoms. The number of hydrogen-bond donors (Lipinski definition) is 3. The quantitative estimate of drug-likeness (QED) is 0.482. The van der Waals surface area contributed by atoms with Crippen molar-refractivity contribution in [1.82, 2.24) is 25.5 Å². The molecule has 2 aromatic carbocycles. The van der Waals surface area contributed by atoms with Crippen LogP contribution in [0.2, 0.25) is 0 Å². The number of pyridine rings is 1. The Bertz CT molecular complexity index is 1280. The first-order valence-electron chi connectivity index (χ1n) is 9.40. The lowest BCUT2D eigenvalue weighted by Crippen LogP contribution is -2.12. The molecule has 5 rings (SSSR count). The molecule has 1 amide bonds. The van der Waals surface area contributed by atoms with Crippen molar-refractivity contribution in [3.63, 3.8) is 0 Å². The highest BCUT2D eigenvalue weighted by atomic mass is 19.1. The minimum atomic E-state index is -0.347. The average molecular weight is 400 g/mol. The summed E-state index contributed by atoms with van der Waals surface area (Å²) in [7, 11) is 0. The molecule has 7 nitrogen and oxygen atoms in total. The fourth-order valence-electron chi connectivity index (χ4n) is 3.50. The second kappa shape index (κ2) is 7.07. The van der Waals surface area contributed by atoms with Gasteiger partial charge < -0.3 is 10.6 Å². The van der Waals surface area contributed by atoms with Crippen molar-refractivity contribution >= 4 is 17.5 Å². The van der Waals surface area contributed by atoms with Crippen LogP contribution < -0.4 is 10.6 Å². The van der Waals surface area contributed by atoms with Crippen molar-refractivity contribution in [3.05, 3.63) is 77.4 Å². The van der Waals surface area contributed by atoms with E-state index in [1.807, 2.05) is 19.1 Å². The Morgan fingerprint density at radius 3 is 2.73 bits per heavy atom. The average Bonchev–Trinajstić information content (AvgIpc) is 3.35. The third-order valence-corrected chi connectivity index (χ3v) is 4.98. The summed E-state index contributed by atoms with van der Waals surface area (Å²) in [4.78, 5) is 20.2. The standard InChI is InChI=1S/C22H17FN6O/c1-12-8-13(6-7-24-12)17-4-2-14(10-19(17)23)20-27-22(29-28-20)26-16-3-5-18-15(9-16)11-25-21(18)30/h2-10H,11H2,1H3,(H,25,30)(H2,26,27,28,29). The molecule has 8 heteroatoms. The van der Waals surface area contributed by atoms with E-state index in [9.17, 15) is 9.18 Å². The zero-order valence-electron chi connectivity index (χ0n) is 16.0. The largest absolute Gasteiger partial charge is 0.348 e. The Morgan fingerprint density at radius 2 is 1.90 bits per heavy atom. The van der Waals surface area contributed by atoms with E-state index in [1.54, 1.807) is 36.5 Å². The Kier molecular flexibility index (Phi) is 4.24. The number of rotatable bonds is 4. The fraction of sp³-hybridized carbons (Fsp3) is 0.0909. The van der Waals surface area contributed by atoms with E-state index in [0.29, 0.717) is 35.0 Å². The van der Waals surface area contributed by atoms with Gasteiger partial charge >= 0.3 is 0 Å². The SMILES string of the molecule is Cc1cc(-c2ccc(-c3nc(Nc4ccc5c(c4)CNC5=O)n[nH]3)cc2F)ccn1. The van der Waals surface area contributed by atoms with E-state index >= 15 is 0 Å². The summed E-state index contributed by atoms with van der Waals surface area (Å²) in [5, 5.41) is 12.9. The molecule has 0 fully saturated rings. The molecule has 1 aliphatic heterocycles. The lowest BCUT2D eigenvalue weighted by atomic mass is 10.0. The molecule has 3 heterocycles. The number of benzene rings is 2. The second-order valence-electron chi connectivity index (χ2n) is 7.07. The summed E-state index contributed by atoms with van der Waals surface area (Å²) < 4.78 is 14.7. The van der Waals surface area contributed by atoms with E-state index in [4.69, 9.17) is 0 Å². The van der Waals surface area contributed by atoms with E-state index in [0.717, 1.165) is 22.5 Å². The molecule has 0 aliphatic carbocycles. The molecule has 30 heavy (non-hydrogen) atoms. The molecule has 0 radical (unpaired) electrons. The van der Waals surface area contributed by atoms with Gasteiger partial charge in [0.2, 0.25) is 5.95 Å². The topological polar surface area (TPSA) is 95.6 Å². The summed E-state index contributed by atoms with van der Waals surface area (Å²) in [6.45, 7) is 2.37. The van der Waals surface area contributed by atoms with Gasteiger partial charge in [-0.05, 0) is 54.4 Å². The summed E-state index contributed by atoms with van der Waals surface area (Å²) in [6, 6.07) is 14.0. The van der Waals surface area contributed by atoms with Crippen molar-refractivity contribution in [3.8, 4) is 22.5 Å². The maximum atomic E-state index is 14.7. The van der Waals surface area contributed by atoms with Gasteiger partial charge in [0.05, 0.1) is 0 Å². The number of anilines is 2. The third-order valence-electron chi connectivity index (χ3n) is 4.98. The fourth-order valence-corrected chi connectivity index (χ4v) is 3.50. The molecule has 0 atom stereocenters. The van der Waals surface area contributed by atoms with Gasteiger partial charge in [-0.15, -0.1) is 5.10 Å². The Labute approximate surface area is 171 Å². The van der Waals surface area contributed by atoms with Gasteiger partial charge in [0, 0.05) is 40.8 Å². The molecule has 0 unspecified atom stereocenters. The van der Waals surface area contributed by atoms with Crippen molar-refractivity contribution in [1.29, 1.82) is 0 Å². The summed E-state index contributed by atoms with van der Waals surface area (Å²) in [5.74, 6) is 0.396. The number of nitrogens with one attached hydrogen (secondary N) is 3. The van der Waals surface area contributed by atoms with Crippen LogP contribution in [0.1, 0.15) is 21.6 Å². The van der Waals surface area contributed by atoms with Crippen LogP contribution in [0.25, 0.3) is 22.5 Å². The molecular formula is C22H17FN6O. The molecule has 148 valence electrons. The van der Waals surface area contributed by atoms with Crippen molar-refractivity contribution in [2.75, 3.05) is 5.32 Å². The zero-order chi connectivity index (χ0) is 20.7. The minimum Gasteiger partial charge on any atom is -0.348 e. The normalized spacial score (nSPS) is 12.5. The molecule has 0 bridgehead atoms. The summed E-state index contributed by atoms with van der Waals surface area (Å²) in [5.41, 5.74) is 5.06. The van der Waals surface area contributed by atoms with Gasteiger partial charge in [0.1, 0.15) is 5.82 Å². The van der Waals surface area contributed by atoms with E-state index in [1.165, 1.54) is 6.07 Å². The third kappa shape index (κ3) is 3.28. The molecule has 1 aliphatic rings. The van der Waals surface area contributed by atoms with Crippen LogP contribution in [0.4, 0.5) is 16.0 Å². The summed E-state index contributed by atoms with van der Waals surface area (Å²) >= 11 is 0. The van der Waals surface area contributed by atoms with Gasteiger partial charge in [-0.3, -0.25) is 14.9 Å². The summed E-state index contributed by atoms with van der Waals surface area (Å²) in [6.07, 6.45) is 1.66. The molecule has 0 saturated heterocycles. The molecule has 3 N–H and O–H groups in total. The smallest absolute Gasteiger partial charge is 0.251 e. The van der Waals surface area contributed by atoms with Gasteiger partial charge in [-0.25, -0.2) is 4.39 Å². The predicted octanol–water partition coefficient (Wildman–Crippen LogP) is 3.97. The molecule has 2 aromatic heterocycles. The number of fused-ring (bicyclic) bond motifs is 1. The number of carbonyl (C=O) groups excluding carboxylic acids is 1. The number of nitrogens with zero attached hydrogens (tertiary/aromatic N) is 3. The number of H-pyrrole nitrogens is 1. The monoisotopic (exact) mass is 400 g/mol. The van der Waals surface area contributed by atoms with Crippen LogP contribution in [0.5, 0.6) is 0 Å². The number of carbonyl (C=O) groups is 1. The van der Waals surface area contributed by atoms with Gasteiger partial charge in [-0.1, -0.05) is 12.1 Å². The van der Waals surface area contributed by atoms with Crippen LogP contribution >= 0.6 is 0 Å². The Balaban J connectivity index is 1.38. The molecule has 4 aromatic rings. The Hall–Kier alpha value is -4.07. The second-order valence-corrected chi connectivity index (χ2v) is 7.07. The van der Waals surface area contributed by atoms with Gasteiger partial charge in [-0.2, -0.15) is 4.98 Å². The van der Waals surface area contributed by atoms with Gasteiger partial charge in [0.25, 0.3) is 5.91 Å². The number of amides is 1. The van der Waals surface area contributed by atoms with Crippen LogP contribution in [0.3, 0.4) is 0 Å². The first-order chi connectivity index (χ1) is 14.6. The van der Waals surface area contributed by atoms with Crippen LogP contribution in [0, 0.1) is 12.7 Å². The first-order valence-corrected chi connectivity index (χ1v) is 9.40. The predicted molar refractivity (Wildman–Crippen MR) is 111 cm³/mol. The number of hydrogen-bond acceptors (Lipinski definition) is 5. The lowest BCUT2D eigenvalue weighted by molar-refractivity contribution is 0.0966. The van der Waals surface area contributed by atoms with E-state index in [-0.39, 0.29) is 11.7 Å². The Morgan fingerprint density at radius 1 is 1.03 bits per heavy atom. The number of aromatic nitrogens is 4. The minimum absolute atomic E-state index is 0.0656. The highest BCUT2D eigenvalue weighted by Gasteiger charge is 2.19. The molecular weight excluding hydrogens is 383 g/mol. The maximum Gasteiger partial charge on any atom is 0.251 e.